The molecule has 5 heteroatoms. The van der Waals surface area contributed by atoms with Crippen molar-refractivity contribution in [3.8, 4) is 0 Å². The van der Waals surface area contributed by atoms with E-state index in [0.717, 1.165) is 41.9 Å². The summed E-state index contributed by atoms with van der Waals surface area (Å²) in [6.45, 7) is 1.59. The van der Waals surface area contributed by atoms with Crippen LogP contribution in [-0.2, 0) is 4.74 Å². The molecule has 0 aliphatic rings. The summed E-state index contributed by atoms with van der Waals surface area (Å²) in [5, 5.41) is 11.2. The summed E-state index contributed by atoms with van der Waals surface area (Å²) < 4.78 is 4.98. The first kappa shape index (κ1) is 10.8. The molecular weight excluding hydrogens is 204 g/mol. The third-order valence-corrected chi connectivity index (χ3v) is 2.45. The topological polar surface area (TPSA) is 76.0 Å². The molecule has 5 nitrogen and oxygen atoms in total. The summed E-state index contributed by atoms with van der Waals surface area (Å²) in [6.07, 6.45) is 2.72. The van der Waals surface area contributed by atoms with Crippen molar-refractivity contribution in [2.24, 2.45) is 0 Å². The number of nitrogens with zero attached hydrogens (tertiary/aromatic N) is 1. The highest BCUT2D eigenvalue weighted by Crippen LogP contribution is 2.24. The number of anilines is 2. The minimum absolute atomic E-state index is 0.742. The third kappa shape index (κ3) is 2.25. The SMILES string of the molecule is COCCCNc1cc2[nH]ncc2cc1N. The Morgan fingerprint density at radius 1 is 1.50 bits per heavy atom. The molecule has 2 aromatic rings. The standard InChI is InChI=1S/C11H16N4O/c1-16-4-2-3-13-11-6-10-8(5-9(11)12)7-14-15-10/h5-7,13H,2-4,12H2,1H3,(H,14,15). The van der Waals surface area contributed by atoms with E-state index in [1.807, 2.05) is 12.1 Å². The number of nitrogens with two attached hydrogens (primary N) is 1. The summed E-state index contributed by atoms with van der Waals surface area (Å²) in [7, 11) is 1.70. The molecule has 0 amide bonds. The van der Waals surface area contributed by atoms with E-state index in [2.05, 4.69) is 15.5 Å². The lowest BCUT2D eigenvalue weighted by atomic mass is 10.2. The van der Waals surface area contributed by atoms with Crippen molar-refractivity contribution >= 4 is 22.3 Å². The van der Waals surface area contributed by atoms with Crippen molar-refractivity contribution in [2.75, 3.05) is 31.3 Å². The Labute approximate surface area is 94.0 Å². The Morgan fingerprint density at radius 3 is 3.19 bits per heavy atom. The van der Waals surface area contributed by atoms with E-state index in [-0.39, 0.29) is 0 Å². The van der Waals surface area contributed by atoms with E-state index in [1.165, 1.54) is 0 Å². The van der Waals surface area contributed by atoms with Gasteiger partial charge in [-0.15, -0.1) is 0 Å². The van der Waals surface area contributed by atoms with Gasteiger partial charge in [-0.05, 0) is 18.6 Å². The van der Waals surface area contributed by atoms with Crippen LogP contribution in [0.2, 0.25) is 0 Å². The molecule has 16 heavy (non-hydrogen) atoms. The lowest BCUT2D eigenvalue weighted by molar-refractivity contribution is 0.198. The molecule has 0 unspecified atom stereocenters. The van der Waals surface area contributed by atoms with Crippen LogP contribution < -0.4 is 11.1 Å². The number of H-pyrrole nitrogens is 1. The molecular formula is C11H16N4O. The van der Waals surface area contributed by atoms with Gasteiger partial charge in [-0.3, -0.25) is 5.10 Å². The molecule has 1 heterocycles. The Morgan fingerprint density at radius 2 is 2.38 bits per heavy atom. The van der Waals surface area contributed by atoms with Crippen LogP contribution in [0.1, 0.15) is 6.42 Å². The summed E-state index contributed by atoms with van der Waals surface area (Å²) in [5.74, 6) is 0. The lowest BCUT2D eigenvalue weighted by Gasteiger charge is -2.09. The van der Waals surface area contributed by atoms with E-state index in [0.29, 0.717) is 0 Å². The van der Waals surface area contributed by atoms with Gasteiger partial charge >= 0.3 is 0 Å². The number of nitrogen functional groups attached to an aromatic ring is 1. The molecule has 2 rings (SSSR count). The predicted octanol–water partition coefficient (Wildman–Crippen LogP) is 1.59. The van der Waals surface area contributed by atoms with Gasteiger partial charge in [-0.1, -0.05) is 0 Å². The van der Waals surface area contributed by atoms with Crippen molar-refractivity contribution < 1.29 is 4.74 Å². The molecule has 0 spiro atoms. The number of benzene rings is 1. The van der Waals surface area contributed by atoms with Gasteiger partial charge in [-0.2, -0.15) is 5.10 Å². The Kier molecular flexibility index (Phi) is 3.26. The highest BCUT2D eigenvalue weighted by molar-refractivity contribution is 5.88. The van der Waals surface area contributed by atoms with Gasteiger partial charge in [0.25, 0.3) is 0 Å². The molecule has 0 aliphatic heterocycles. The normalized spacial score (nSPS) is 10.8. The highest BCUT2D eigenvalue weighted by Gasteiger charge is 2.02. The fourth-order valence-corrected chi connectivity index (χ4v) is 1.60. The number of aromatic amines is 1. The molecule has 0 radical (unpaired) electrons. The van der Waals surface area contributed by atoms with Crippen molar-refractivity contribution in [3.63, 3.8) is 0 Å². The molecule has 4 N–H and O–H groups in total. The zero-order chi connectivity index (χ0) is 11.4. The number of rotatable bonds is 5. The maximum Gasteiger partial charge on any atom is 0.0672 e. The maximum atomic E-state index is 5.93. The molecule has 86 valence electrons. The van der Waals surface area contributed by atoms with E-state index in [4.69, 9.17) is 10.5 Å². The quantitative estimate of drug-likeness (QED) is 0.528. The molecule has 1 aromatic heterocycles. The van der Waals surface area contributed by atoms with Gasteiger partial charge in [0.05, 0.1) is 23.1 Å². The van der Waals surface area contributed by atoms with E-state index in [9.17, 15) is 0 Å². The molecule has 0 atom stereocenters. The Bertz CT molecular complexity index is 466. The fraction of sp³-hybridized carbons (Fsp3) is 0.364. The van der Waals surface area contributed by atoms with Crippen LogP contribution in [-0.4, -0.2) is 30.5 Å². The maximum absolute atomic E-state index is 5.93. The largest absolute Gasteiger partial charge is 0.397 e. The Balaban J connectivity index is 2.07. The monoisotopic (exact) mass is 220 g/mol. The van der Waals surface area contributed by atoms with Gasteiger partial charge in [-0.25, -0.2) is 0 Å². The van der Waals surface area contributed by atoms with Crippen LogP contribution in [0.25, 0.3) is 10.9 Å². The lowest BCUT2D eigenvalue weighted by Crippen LogP contribution is -2.06. The van der Waals surface area contributed by atoms with E-state index >= 15 is 0 Å². The van der Waals surface area contributed by atoms with Crippen LogP contribution in [0.15, 0.2) is 18.3 Å². The molecule has 0 saturated heterocycles. The molecule has 0 bridgehead atoms. The first-order valence-corrected chi connectivity index (χ1v) is 5.26. The van der Waals surface area contributed by atoms with Gasteiger partial charge in [0.2, 0.25) is 0 Å². The number of fused-ring (bicyclic) bond motifs is 1. The zero-order valence-corrected chi connectivity index (χ0v) is 9.29. The number of nitrogens with one attached hydrogen (secondary N) is 2. The van der Waals surface area contributed by atoms with Crippen molar-refractivity contribution in [1.82, 2.24) is 10.2 Å². The van der Waals surface area contributed by atoms with Crippen molar-refractivity contribution in [2.45, 2.75) is 6.42 Å². The van der Waals surface area contributed by atoms with Gasteiger partial charge in [0.15, 0.2) is 0 Å². The Hall–Kier alpha value is -1.75. The molecule has 0 saturated carbocycles. The second kappa shape index (κ2) is 4.85. The van der Waals surface area contributed by atoms with Gasteiger partial charge in [0.1, 0.15) is 0 Å². The van der Waals surface area contributed by atoms with Gasteiger partial charge in [0, 0.05) is 25.6 Å². The first-order chi connectivity index (χ1) is 7.81. The van der Waals surface area contributed by atoms with Gasteiger partial charge < -0.3 is 15.8 Å². The number of hydrogen-bond donors (Lipinski definition) is 3. The van der Waals surface area contributed by atoms with E-state index in [1.54, 1.807) is 13.3 Å². The number of methoxy groups -OCH3 is 1. The van der Waals surface area contributed by atoms with Crippen LogP contribution in [0, 0.1) is 0 Å². The molecule has 0 fully saturated rings. The smallest absolute Gasteiger partial charge is 0.0672 e. The highest BCUT2D eigenvalue weighted by atomic mass is 16.5. The van der Waals surface area contributed by atoms with E-state index < -0.39 is 0 Å². The first-order valence-electron chi connectivity index (χ1n) is 5.26. The summed E-state index contributed by atoms with van der Waals surface area (Å²) in [5.41, 5.74) is 8.59. The van der Waals surface area contributed by atoms with Crippen LogP contribution in [0.3, 0.4) is 0 Å². The van der Waals surface area contributed by atoms with Crippen LogP contribution >= 0.6 is 0 Å². The third-order valence-electron chi connectivity index (χ3n) is 2.45. The minimum atomic E-state index is 0.742. The molecule has 0 aliphatic carbocycles. The summed E-state index contributed by atoms with van der Waals surface area (Å²) >= 11 is 0. The number of ether oxygens (including phenoxy) is 1. The summed E-state index contributed by atoms with van der Waals surface area (Å²) in [4.78, 5) is 0. The number of aromatic nitrogens is 2. The minimum Gasteiger partial charge on any atom is -0.397 e. The zero-order valence-electron chi connectivity index (χ0n) is 9.29. The average molecular weight is 220 g/mol. The second-order valence-electron chi connectivity index (χ2n) is 3.67. The van der Waals surface area contributed by atoms with Crippen molar-refractivity contribution in [1.29, 1.82) is 0 Å². The summed E-state index contributed by atoms with van der Waals surface area (Å²) in [6, 6.07) is 3.89. The fourth-order valence-electron chi connectivity index (χ4n) is 1.60. The number of hydrogen-bond acceptors (Lipinski definition) is 4. The van der Waals surface area contributed by atoms with Crippen LogP contribution in [0.5, 0.6) is 0 Å². The average Bonchev–Trinajstić information content (AvgIpc) is 2.71. The molecule has 1 aromatic carbocycles. The van der Waals surface area contributed by atoms with Crippen LogP contribution in [0.4, 0.5) is 11.4 Å². The second-order valence-corrected chi connectivity index (χ2v) is 3.67. The predicted molar refractivity (Wildman–Crippen MR) is 65.5 cm³/mol. The van der Waals surface area contributed by atoms with Crippen molar-refractivity contribution in [3.05, 3.63) is 18.3 Å².